The summed E-state index contributed by atoms with van der Waals surface area (Å²) in [5.41, 5.74) is 5.63. The van der Waals surface area contributed by atoms with Crippen molar-refractivity contribution in [3.8, 4) is 0 Å². The van der Waals surface area contributed by atoms with Crippen LogP contribution in [0.2, 0.25) is 0 Å². The van der Waals surface area contributed by atoms with Crippen LogP contribution in [0.15, 0.2) is 12.4 Å². The minimum atomic E-state index is -0.598. The molecule has 0 fully saturated rings. The number of amides is 2. The van der Waals surface area contributed by atoms with Crippen LogP contribution in [0, 0.1) is 0 Å². The first-order chi connectivity index (χ1) is 6.06. The molecule has 0 aromatic carbocycles. The predicted octanol–water partition coefficient (Wildman–Crippen LogP) is -0.516. The Balaban J connectivity index is 3.19. The zero-order chi connectivity index (χ0) is 10.0. The third kappa shape index (κ3) is 1.69. The van der Waals surface area contributed by atoms with Crippen LogP contribution in [0.3, 0.4) is 0 Å². The summed E-state index contributed by atoms with van der Waals surface area (Å²) in [6.45, 7) is 0. The highest BCUT2D eigenvalue weighted by atomic mass is 16.2. The van der Waals surface area contributed by atoms with Gasteiger partial charge in [0.05, 0.1) is 11.1 Å². The number of aromatic nitrogens is 1. The molecule has 1 rings (SSSR count). The fourth-order valence-corrected chi connectivity index (χ4v) is 1.10. The van der Waals surface area contributed by atoms with Crippen molar-refractivity contribution in [1.82, 2.24) is 9.88 Å². The predicted molar refractivity (Wildman–Crippen MR) is 47.3 cm³/mol. The Hall–Kier alpha value is -1.78. The molecule has 0 aliphatic rings. The number of aryl methyl sites for hydroxylation is 1. The maximum atomic E-state index is 11.2. The molecule has 0 aliphatic heterocycles. The second-order valence-corrected chi connectivity index (χ2v) is 2.69. The molecule has 0 bridgehead atoms. The van der Waals surface area contributed by atoms with E-state index in [0.29, 0.717) is 5.56 Å². The summed E-state index contributed by atoms with van der Waals surface area (Å²) in [5.74, 6) is -0.909. The van der Waals surface area contributed by atoms with Gasteiger partial charge in [-0.2, -0.15) is 0 Å². The van der Waals surface area contributed by atoms with E-state index in [1.54, 1.807) is 17.8 Å². The number of hydrogen-bond donors (Lipinski definition) is 2. The summed E-state index contributed by atoms with van der Waals surface area (Å²) in [7, 11) is 3.22. The van der Waals surface area contributed by atoms with Crippen molar-refractivity contribution in [2.24, 2.45) is 12.8 Å². The first kappa shape index (κ1) is 9.31. The van der Waals surface area contributed by atoms with Crippen molar-refractivity contribution in [2.75, 3.05) is 7.05 Å². The van der Waals surface area contributed by atoms with Gasteiger partial charge in [0, 0.05) is 26.5 Å². The van der Waals surface area contributed by atoms with E-state index in [-0.39, 0.29) is 11.5 Å². The molecule has 70 valence electrons. The van der Waals surface area contributed by atoms with Crippen LogP contribution >= 0.6 is 0 Å². The molecule has 1 heterocycles. The number of nitrogens with zero attached hydrogens (tertiary/aromatic N) is 1. The lowest BCUT2D eigenvalue weighted by Crippen LogP contribution is -2.22. The van der Waals surface area contributed by atoms with Gasteiger partial charge in [0.2, 0.25) is 0 Å². The van der Waals surface area contributed by atoms with Gasteiger partial charge >= 0.3 is 0 Å². The van der Waals surface area contributed by atoms with Gasteiger partial charge < -0.3 is 15.6 Å². The molecule has 2 amide bonds. The van der Waals surface area contributed by atoms with Gasteiger partial charge in [0.15, 0.2) is 0 Å². The Kier molecular flexibility index (Phi) is 2.36. The third-order valence-corrected chi connectivity index (χ3v) is 1.69. The van der Waals surface area contributed by atoms with Crippen molar-refractivity contribution >= 4 is 11.8 Å². The number of hydrogen-bond acceptors (Lipinski definition) is 2. The summed E-state index contributed by atoms with van der Waals surface area (Å²) in [4.78, 5) is 22.1. The minimum absolute atomic E-state index is 0.238. The first-order valence-corrected chi connectivity index (χ1v) is 3.74. The number of primary amides is 1. The highest BCUT2D eigenvalue weighted by Crippen LogP contribution is 2.08. The SMILES string of the molecule is CNC(=O)c1cn(C)cc1C(N)=O. The Morgan fingerprint density at radius 3 is 2.38 bits per heavy atom. The molecule has 5 nitrogen and oxygen atoms in total. The van der Waals surface area contributed by atoms with Crippen molar-refractivity contribution < 1.29 is 9.59 Å². The summed E-state index contributed by atoms with van der Waals surface area (Å²) < 4.78 is 1.62. The maximum absolute atomic E-state index is 11.2. The van der Waals surface area contributed by atoms with Crippen molar-refractivity contribution in [1.29, 1.82) is 0 Å². The summed E-state index contributed by atoms with van der Waals surface area (Å²) >= 11 is 0. The summed E-state index contributed by atoms with van der Waals surface area (Å²) in [5, 5.41) is 2.43. The van der Waals surface area contributed by atoms with E-state index in [9.17, 15) is 9.59 Å². The van der Waals surface area contributed by atoms with Crippen LogP contribution in [0.4, 0.5) is 0 Å². The van der Waals surface area contributed by atoms with Crippen LogP contribution in [-0.2, 0) is 7.05 Å². The van der Waals surface area contributed by atoms with Gasteiger partial charge in [0.1, 0.15) is 0 Å². The van der Waals surface area contributed by atoms with Crippen LogP contribution in [0.25, 0.3) is 0 Å². The average Bonchev–Trinajstić information content (AvgIpc) is 2.46. The van der Waals surface area contributed by atoms with E-state index < -0.39 is 5.91 Å². The Morgan fingerprint density at radius 2 is 1.92 bits per heavy atom. The topological polar surface area (TPSA) is 77.1 Å². The fraction of sp³-hybridized carbons (Fsp3) is 0.250. The molecular formula is C8H11N3O2. The van der Waals surface area contributed by atoms with E-state index in [4.69, 9.17) is 5.73 Å². The quantitative estimate of drug-likeness (QED) is 0.644. The van der Waals surface area contributed by atoms with Crippen LogP contribution < -0.4 is 11.1 Å². The first-order valence-electron chi connectivity index (χ1n) is 3.74. The molecule has 0 spiro atoms. The molecule has 5 heteroatoms. The maximum Gasteiger partial charge on any atom is 0.253 e. The Bertz CT molecular complexity index is 354. The monoisotopic (exact) mass is 181 g/mol. The molecule has 0 atom stereocenters. The van der Waals surface area contributed by atoms with Crippen molar-refractivity contribution in [3.05, 3.63) is 23.5 Å². The highest BCUT2D eigenvalue weighted by Gasteiger charge is 2.15. The Labute approximate surface area is 75.5 Å². The number of carbonyl (C=O) groups excluding carboxylic acids is 2. The summed E-state index contributed by atoms with van der Waals surface area (Å²) in [6, 6.07) is 0. The lowest BCUT2D eigenvalue weighted by atomic mass is 10.2. The van der Waals surface area contributed by atoms with Gasteiger partial charge in [-0.05, 0) is 0 Å². The molecule has 0 saturated heterocycles. The van der Waals surface area contributed by atoms with Gasteiger partial charge in [-0.15, -0.1) is 0 Å². The second kappa shape index (κ2) is 3.30. The number of nitrogens with one attached hydrogen (secondary N) is 1. The Morgan fingerprint density at radius 1 is 1.38 bits per heavy atom. The third-order valence-electron chi connectivity index (χ3n) is 1.69. The van der Waals surface area contributed by atoms with E-state index >= 15 is 0 Å². The fourth-order valence-electron chi connectivity index (χ4n) is 1.10. The zero-order valence-electron chi connectivity index (χ0n) is 7.50. The number of carbonyl (C=O) groups is 2. The van der Waals surface area contributed by atoms with Gasteiger partial charge in [-0.25, -0.2) is 0 Å². The smallest absolute Gasteiger partial charge is 0.253 e. The van der Waals surface area contributed by atoms with Crippen molar-refractivity contribution in [2.45, 2.75) is 0 Å². The highest BCUT2D eigenvalue weighted by molar-refractivity contribution is 6.06. The number of nitrogens with two attached hydrogens (primary N) is 1. The van der Waals surface area contributed by atoms with E-state index in [0.717, 1.165) is 0 Å². The van der Waals surface area contributed by atoms with Crippen molar-refractivity contribution in [3.63, 3.8) is 0 Å². The molecular weight excluding hydrogens is 170 g/mol. The van der Waals surface area contributed by atoms with Crippen LogP contribution in [0.5, 0.6) is 0 Å². The lowest BCUT2D eigenvalue weighted by Gasteiger charge is -1.97. The summed E-state index contributed by atoms with van der Waals surface area (Å²) in [6.07, 6.45) is 3.08. The minimum Gasteiger partial charge on any atom is -0.366 e. The zero-order valence-corrected chi connectivity index (χ0v) is 7.50. The normalized spacial score (nSPS) is 9.69. The largest absolute Gasteiger partial charge is 0.366 e. The molecule has 0 aliphatic carbocycles. The van der Waals surface area contributed by atoms with E-state index in [1.807, 2.05) is 0 Å². The molecule has 0 saturated carbocycles. The molecule has 0 unspecified atom stereocenters. The number of rotatable bonds is 2. The molecule has 1 aromatic rings. The van der Waals surface area contributed by atoms with E-state index in [2.05, 4.69) is 5.32 Å². The molecule has 13 heavy (non-hydrogen) atoms. The van der Waals surface area contributed by atoms with Gasteiger partial charge in [-0.3, -0.25) is 9.59 Å². The standard InChI is InChI=1S/C8H11N3O2/c1-10-8(13)6-4-11(2)3-5(6)7(9)12/h3-4H,1-2H3,(H2,9,12)(H,10,13). The van der Waals surface area contributed by atoms with Crippen LogP contribution in [0.1, 0.15) is 20.7 Å². The molecule has 0 radical (unpaired) electrons. The average molecular weight is 181 g/mol. The van der Waals surface area contributed by atoms with Gasteiger partial charge in [0.25, 0.3) is 11.8 Å². The molecule has 1 aromatic heterocycles. The van der Waals surface area contributed by atoms with Gasteiger partial charge in [-0.1, -0.05) is 0 Å². The van der Waals surface area contributed by atoms with E-state index in [1.165, 1.54) is 13.2 Å². The lowest BCUT2D eigenvalue weighted by molar-refractivity contribution is 0.0944. The second-order valence-electron chi connectivity index (χ2n) is 2.69. The van der Waals surface area contributed by atoms with Crippen LogP contribution in [-0.4, -0.2) is 23.4 Å². The molecule has 3 N–H and O–H groups in total.